The molecule has 2 nitrogen and oxygen atoms in total. The Balaban J connectivity index is 0. The van der Waals surface area contributed by atoms with Crippen molar-refractivity contribution in [3.63, 3.8) is 0 Å². The fourth-order valence-electron chi connectivity index (χ4n) is 2.75. The van der Waals surface area contributed by atoms with Gasteiger partial charge in [-0.3, -0.25) is 0 Å². The minimum absolute atomic E-state index is 0. The maximum absolute atomic E-state index is 3.43. The summed E-state index contributed by atoms with van der Waals surface area (Å²) in [6.45, 7) is 4.00. The first-order valence-corrected chi connectivity index (χ1v) is 8.68. The van der Waals surface area contributed by atoms with Gasteiger partial charge in [0.1, 0.15) is 0 Å². The molecule has 0 bridgehead atoms. The van der Waals surface area contributed by atoms with Crippen LogP contribution in [0.5, 0.6) is 0 Å². The van der Waals surface area contributed by atoms with E-state index >= 15 is 0 Å². The fraction of sp³-hybridized carbons (Fsp3) is 0.217. The third kappa shape index (κ3) is 8.07. The Labute approximate surface area is 201 Å². The molecule has 0 fully saturated rings. The van der Waals surface area contributed by atoms with Crippen LogP contribution in [0.2, 0.25) is 0 Å². The van der Waals surface area contributed by atoms with Gasteiger partial charge in [0.25, 0.3) is 0 Å². The third-order valence-electron chi connectivity index (χ3n) is 3.90. The van der Waals surface area contributed by atoms with Crippen molar-refractivity contribution in [1.82, 2.24) is 0 Å². The summed E-state index contributed by atoms with van der Waals surface area (Å²) < 4.78 is 0. The van der Waals surface area contributed by atoms with Crippen LogP contribution in [-0.4, -0.2) is 14.1 Å². The zero-order valence-corrected chi connectivity index (χ0v) is 20.8. The molecule has 2 N–H and O–H groups in total. The van der Waals surface area contributed by atoms with Crippen molar-refractivity contribution >= 4 is 11.4 Å². The molecular weight excluding hydrogens is 466 g/mol. The van der Waals surface area contributed by atoms with Gasteiger partial charge in [0.15, 0.2) is 0 Å². The quantitative estimate of drug-likeness (QED) is 0.378. The van der Waals surface area contributed by atoms with E-state index in [9.17, 15) is 0 Å². The molecule has 0 unspecified atom stereocenters. The van der Waals surface area contributed by atoms with Crippen LogP contribution in [0.3, 0.4) is 0 Å². The Morgan fingerprint density at radius 1 is 0.929 bits per heavy atom. The maximum Gasteiger partial charge on any atom is 2.00 e. The maximum atomic E-state index is 3.43. The van der Waals surface area contributed by atoms with Gasteiger partial charge in [-0.2, -0.15) is 44.2 Å². The summed E-state index contributed by atoms with van der Waals surface area (Å²) in [6, 6.07) is 24.2. The van der Waals surface area contributed by atoms with Crippen molar-refractivity contribution < 1.29 is 51.0 Å². The van der Waals surface area contributed by atoms with Crippen LogP contribution in [0.15, 0.2) is 60.7 Å². The number of halogens is 2. The van der Waals surface area contributed by atoms with Crippen LogP contribution in [0, 0.1) is 12.5 Å². The van der Waals surface area contributed by atoms with E-state index in [1.807, 2.05) is 64.7 Å². The fourth-order valence-corrected chi connectivity index (χ4v) is 2.75. The van der Waals surface area contributed by atoms with Gasteiger partial charge in [0.05, 0.1) is 0 Å². The van der Waals surface area contributed by atoms with Gasteiger partial charge in [-0.25, -0.2) is 12.1 Å². The van der Waals surface area contributed by atoms with E-state index in [-0.39, 0.29) is 51.0 Å². The second kappa shape index (κ2) is 15.7. The summed E-state index contributed by atoms with van der Waals surface area (Å²) in [5.41, 5.74) is 7.58. The smallest absolute Gasteiger partial charge is 1.00 e. The SMILES string of the molecule is CNc1[c-]c2c(cc1)-c1ccc(NC)cc1C2.C[CH-]C.[Cl-].[Cl-].[Zr+2].c1cc[cH-]c1. The van der Waals surface area contributed by atoms with Crippen LogP contribution in [0.25, 0.3) is 11.1 Å². The number of benzene rings is 2. The zero-order chi connectivity index (χ0) is 18.1. The summed E-state index contributed by atoms with van der Waals surface area (Å²) in [5.74, 6) is 0. The molecular formula is C23H27Cl2N2Zr-3. The minimum atomic E-state index is 0. The molecule has 0 heterocycles. The van der Waals surface area contributed by atoms with Gasteiger partial charge < -0.3 is 41.9 Å². The molecule has 28 heavy (non-hydrogen) atoms. The summed E-state index contributed by atoms with van der Waals surface area (Å²) in [5, 5.41) is 6.32. The Kier molecular flexibility index (Phi) is 16.3. The Hall–Kier alpha value is -1.15. The van der Waals surface area contributed by atoms with Crippen molar-refractivity contribution in [3.05, 3.63) is 84.3 Å². The van der Waals surface area contributed by atoms with E-state index in [1.54, 1.807) is 0 Å². The molecule has 1 aliphatic carbocycles. The second-order valence-corrected chi connectivity index (χ2v) is 5.85. The summed E-state index contributed by atoms with van der Waals surface area (Å²) in [6.07, 6.45) is 2.98. The number of hydrogen-bond donors (Lipinski definition) is 2. The van der Waals surface area contributed by atoms with Crippen molar-refractivity contribution in [1.29, 1.82) is 0 Å². The molecule has 3 aromatic rings. The van der Waals surface area contributed by atoms with E-state index in [4.69, 9.17) is 0 Å². The molecule has 3 aromatic carbocycles. The number of nitrogens with one attached hydrogen (secondary N) is 2. The average molecular weight is 494 g/mol. The van der Waals surface area contributed by atoms with E-state index < -0.39 is 0 Å². The first-order chi connectivity index (χ1) is 12.2. The summed E-state index contributed by atoms with van der Waals surface area (Å²) in [7, 11) is 3.88. The minimum Gasteiger partial charge on any atom is -1.00 e. The van der Waals surface area contributed by atoms with Crippen LogP contribution in [0.4, 0.5) is 11.4 Å². The predicted octanol–water partition coefficient (Wildman–Crippen LogP) is -0.217. The molecule has 1 aliphatic rings. The number of hydrogen-bond acceptors (Lipinski definition) is 2. The second-order valence-electron chi connectivity index (χ2n) is 5.85. The molecule has 150 valence electrons. The van der Waals surface area contributed by atoms with Gasteiger partial charge in [0, 0.05) is 19.8 Å². The molecule has 0 atom stereocenters. The molecule has 0 radical (unpaired) electrons. The predicted molar refractivity (Wildman–Crippen MR) is 110 cm³/mol. The van der Waals surface area contributed by atoms with Crippen molar-refractivity contribution in [3.8, 4) is 11.1 Å². The topological polar surface area (TPSA) is 24.1 Å². The van der Waals surface area contributed by atoms with Crippen LogP contribution >= 0.6 is 0 Å². The van der Waals surface area contributed by atoms with Crippen LogP contribution in [-0.2, 0) is 32.6 Å². The molecule has 4 rings (SSSR count). The summed E-state index contributed by atoms with van der Waals surface area (Å²) in [4.78, 5) is 0. The van der Waals surface area contributed by atoms with E-state index in [1.165, 1.54) is 27.9 Å². The molecule has 0 aliphatic heterocycles. The first-order valence-electron chi connectivity index (χ1n) is 8.68. The number of anilines is 2. The van der Waals surface area contributed by atoms with Gasteiger partial charge >= 0.3 is 26.2 Å². The van der Waals surface area contributed by atoms with Gasteiger partial charge in [-0.05, 0) is 24.1 Å². The van der Waals surface area contributed by atoms with Gasteiger partial charge in [-0.15, -0.1) is 17.2 Å². The normalized spacial score (nSPS) is 9.29. The first kappa shape index (κ1) is 29.1. The Bertz CT molecular complexity index is 706. The van der Waals surface area contributed by atoms with Gasteiger partial charge in [0.2, 0.25) is 0 Å². The largest absolute Gasteiger partial charge is 2.00 e. The zero-order valence-electron chi connectivity index (χ0n) is 16.8. The van der Waals surface area contributed by atoms with E-state index in [2.05, 4.69) is 47.0 Å². The molecule has 0 saturated carbocycles. The van der Waals surface area contributed by atoms with Crippen molar-refractivity contribution in [2.75, 3.05) is 24.7 Å². The monoisotopic (exact) mass is 491 g/mol. The van der Waals surface area contributed by atoms with Crippen LogP contribution in [0.1, 0.15) is 25.0 Å². The Morgan fingerprint density at radius 2 is 1.54 bits per heavy atom. The van der Waals surface area contributed by atoms with Crippen molar-refractivity contribution in [2.24, 2.45) is 0 Å². The number of rotatable bonds is 2. The molecule has 0 spiro atoms. The molecule has 5 heteroatoms. The summed E-state index contributed by atoms with van der Waals surface area (Å²) >= 11 is 0. The Morgan fingerprint density at radius 3 is 2.04 bits per heavy atom. The molecule has 0 aromatic heterocycles. The van der Waals surface area contributed by atoms with E-state index in [0.717, 1.165) is 12.1 Å². The van der Waals surface area contributed by atoms with E-state index in [0.29, 0.717) is 0 Å². The molecule has 0 amide bonds. The van der Waals surface area contributed by atoms with Gasteiger partial charge in [-0.1, -0.05) is 17.3 Å². The third-order valence-corrected chi connectivity index (χ3v) is 3.90. The van der Waals surface area contributed by atoms with Crippen LogP contribution < -0.4 is 35.4 Å². The average Bonchev–Trinajstić information content (AvgIpc) is 3.32. The number of fused-ring (bicyclic) bond motifs is 3. The van der Waals surface area contributed by atoms with Crippen molar-refractivity contribution in [2.45, 2.75) is 20.3 Å². The standard InChI is InChI=1S/C15H15N2.C5H5.C3H7.2ClH.Zr/c1-16-12-3-5-14-10(8-12)7-11-9-13(17-2)4-6-15(11)14;1-2-4-5-3-1;1-3-2;;;/h3-6,8,16-17H,7H2,1-2H3;1-5H;3H,1-2H3;2*1H;/q3*-1;;;+2/p-2. The molecule has 0 saturated heterocycles.